The van der Waals surface area contributed by atoms with Crippen LogP contribution in [0, 0.1) is 5.92 Å². The second-order valence-electron chi connectivity index (χ2n) is 6.13. The highest BCUT2D eigenvalue weighted by atomic mass is 16.5. The van der Waals surface area contributed by atoms with Crippen molar-refractivity contribution in [2.75, 3.05) is 32.8 Å². The van der Waals surface area contributed by atoms with Crippen LogP contribution in [-0.2, 0) is 4.74 Å². The number of hydrogen-bond acceptors (Lipinski definition) is 4. The van der Waals surface area contributed by atoms with Gasteiger partial charge in [-0.2, -0.15) is 0 Å². The third-order valence-electron chi connectivity index (χ3n) is 3.98. The normalized spacial score (nSPS) is 30.0. The summed E-state index contributed by atoms with van der Waals surface area (Å²) in [5.41, 5.74) is 0. The summed E-state index contributed by atoms with van der Waals surface area (Å²) < 4.78 is 5.46. The van der Waals surface area contributed by atoms with E-state index in [4.69, 9.17) is 4.74 Å². The summed E-state index contributed by atoms with van der Waals surface area (Å²) in [5, 5.41) is 13.4. The van der Waals surface area contributed by atoms with Crippen LogP contribution in [0.1, 0.15) is 33.1 Å². The Hall–Kier alpha value is -0.160. The van der Waals surface area contributed by atoms with Gasteiger partial charge in [0.25, 0.3) is 0 Å². The molecule has 0 spiro atoms. The first-order valence-corrected chi connectivity index (χ1v) is 7.40. The molecule has 4 heteroatoms. The van der Waals surface area contributed by atoms with Gasteiger partial charge in [0, 0.05) is 31.8 Å². The van der Waals surface area contributed by atoms with Crippen molar-refractivity contribution in [3.8, 4) is 0 Å². The van der Waals surface area contributed by atoms with Gasteiger partial charge in [-0.15, -0.1) is 0 Å². The summed E-state index contributed by atoms with van der Waals surface area (Å²) in [4.78, 5) is 2.58. The van der Waals surface area contributed by atoms with E-state index in [9.17, 15) is 5.11 Å². The van der Waals surface area contributed by atoms with Gasteiger partial charge >= 0.3 is 0 Å². The quantitative estimate of drug-likeness (QED) is 0.709. The summed E-state index contributed by atoms with van der Waals surface area (Å²) in [6.45, 7) is 8.58. The molecule has 2 fully saturated rings. The molecule has 2 rings (SSSR count). The summed E-state index contributed by atoms with van der Waals surface area (Å²) in [5.74, 6) is 0.534. The van der Waals surface area contributed by atoms with Crippen molar-refractivity contribution < 1.29 is 9.84 Å². The van der Waals surface area contributed by atoms with Gasteiger partial charge in [0.2, 0.25) is 0 Å². The molecule has 0 aromatic carbocycles. The molecule has 2 aliphatic rings. The highest BCUT2D eigenvalue weighted by Crippen LogP contribution is 2.27. The van der Waals surface area contributed by atoms with E-state index in [0.717, 1.165) is 6.61 Å². The first kappa shape index (κ1) is 14.3. The van der Waals surface area contributed by atoms with Crippen molar-refractivity contribution in [1.82, 2.24) is 10.2 Å². The molecule has 0 aromatic rings. The largest absolute Gasteiger partial charge is 0.389 e. The minimum Gasteiger partial charge on any atom is -0.389 e. The highest BCUT2D eigenvalue weighted by Gasteiger charge is 2.36. The standard InChI is InChI=1S/C14H28N2O2/c1-11(2)9-18-10-12(17)8-15-13-5-7-16-6-3-4-14(13)16/h11-15,17H,3-10H2,1-2H3. The average molecular weight is 256 g/mol. The molecule has 0 saturated carbocycles. The van der Waals surface area contributed by atoms with Crippen molar-refractivity contribution in [3.63, 3.8) is 0 Å². The molecule has 0 amide bonds. The summed E-state index contributed by atoms with van der Waals surface area (Å²) >= 11 is 0. The van der Waals surface area contributed by atoms with E-state index in [1.165, 1.54) is 32.4 Å². The van der Waals surface area contributed by atoms with Gasteiger partial charge in [-0.1, -0.05) is 13.8 Å². The zero-order valence-corrected chi connectivity index (χ0v) is 11.8. The number of aliphatic hydroxyl groups is 1. The Morgan fingerprint density at radius 3 is 2.89 bits per heavy atom. The predicted octanol–water partition coefficient (Wildman–Crippen LogP) is 0.846. The molecule has 3 unspecified atom stereocenters. The number of nitrogens with zero attached hydrogens (tertiary/aromatic N) is 1. The molecule has 2 heterocycles. The molecule has 3 atom stereocenters. The van der Waals surface area contributed by atoms with Gasteiger partial charge < -0.3 is 15.2 Å². The Kier molecular flexibility index (Phi) is 5.42. The number of nitrogens with one attached hydrogen (secondary N) is 1. The van der Waals surface area contributed by atoms with Crippen molar-refractivity contribution in [2.45, 2.75) is 51.3 Å². The molecular weight excluding hydrogens is 228 g/mol. The first-order valence-electron chi connectivity index (χ1n) is 7.40. The third kappa shape index (κ3) is 3.92. The van der Waals surface area contributed by atoms with E-state index in [1.54, 1.807) is 0 Å². The van der Waals surface area contributed by atoms with Gasteiger partial charge in [0.05, 0.1) is 12.7 Å². The maximum absolute atomic E-state index is 9.86. The molecule has 0 aromatic heterocycles. The molecule has 0 aliphatic carbocycles. The Labute approximate surface area is 111 Å². The third-order valence-corrected chi connectivity index (χ3v) is 3.98. The van der Waals surface area contributed by atoms with Crippen LogP contribution >= 0.6 is 0 Å². The minimum absolute atomic E-state index is 0.376. The maximum Gasteiger partial charge on any atom is 0.0897 e. The van der Waals surface area contributed by atoms with Crippen LogP contribution in [0.5, 0.6) is 0 Å². The Balaban J connectivity index is 1.59. The summed E-state index contributed by atoms with van der Waals surface area (Å²) in [7, 11) is 0. The molecule has 4 nitrogen and oxygen atoms in total. The van der Waals surface area contributed by atoms with Gasteiger partial charge in [0.15, 0.2) is 0 Å². The molecule has 0 bridgehead atoms. The van der Waals surface area contributed by atoms with E-state index in [-0.39, 0.29) is 6.10 Å². The average Bonchev–Trinajstić information content (AvgIpc) is 2.88. The van der Waals surface area contributed by atoms with Gasteiger partial charge in [-0.3, -0.25) is 4.90 Å². The fourth-order valence-corrected chi connectivity index (χ4v) is 3.11. The predicted molar refractivity (Wildman–Crippen MR) is 72.7 cm³/mol. The molecule has 18 heavy (non-hydrogen) atoms. The van der Waals surface area contributed by atoms with Crippen LogP contribution in [0.4, 0.5) is 0 Å². The van der Waals surface area contributed by atoms with E-state index in [1.807, 2.05) is 0 Å². The minimum atomic E-state index is -0.376. The fourth-order valence-electron chi connectivity index (χ4n) is 3.11. The van der Waals surface area contributed by atoms with Gasteiger partial charge in [-0.25, -0.2) is 0 Å². The lowest BCUT2D eigenvalue weighted by atomic mass is 10.1. The molecule has 106 valence electrons. The molecule has 0 radical (unpaired) electrons. The van der Waals surface area contributed by atoms with Crippen LogP contribution < -0.4 is 5.32 Å². The van der Waals surface area contributed by atoms with Crippen LogP contribution in [-0.4, -0.2) is 61.0 Å². The highest BCUT2D eigenvalue weighted by molar-refractivity contribution is 4.95. The number of hydrogen-bond donors (Lipinski definition) is 2. The second kappa shape index (κ2) is 6.85. The topological polar surface area (TPSA) is 44.7 Å². The fraction of sp³-hybridized carbons (Fsp3) is 1.00. The number of ether oxygens (including phenoxy) is 1. The van der Waals surface area contributed by atoms with Gasteiger partial charge in [-0.05, 0) is 31.7 Å². The maximum atomic E-state index is 9.86. The van der Waals surface area contributed by atoms with Crippen molar-refractivity contribution >= 4 is 0 Å². The molecule has 2 saturated heterocycles. The smallest absolute Gasteiger partial charge is 0.0897 e. The first-order chi connectivity index (χ1) is 8.66. The van der Waals surface area contributed by atoms with E-state index >= 15 is 0 Å². The van der Waals surface area contributed by atoms with Crippen LogP contribution in [0.25, 0.3) is 0 Å². The summed E-state index contributed by atoms with van der Waals surface area (Å²) in [6, 6.07) is 1.29. The van der Waals surface area contributed by atoms with Crippen molar-refractivity contribution in [2.24, 2.45) is 5.92 Å². The van der Waals surface area contributed by atoms with Crippen LogP contribution in [0.3, 0.4) is 0 Å². The molecule has 2 N–H and O–H groups in total. The van der Waals surface area contributed by atoms with E-state index in [2.05, 4.69) is 24.1 Å². The van der Waals surface area contributed by atoms with E-state index < -0.39 is 0 Å². The Bertz CT molecular complexity index is 248. The second-order valence-corrected chi connectivity index (χ2v) is 6.13. The number of fused-ring (bicyclic) bond motifs is 1. The Morgan fingerprint density at radius 2 is 2.11 bits per heavy atom. The van der Waals surface area contributed by atoms with Crippen molar-refractivity contribution in [1.29, 1.82) is 0 Å². The number of rotatable bonds is 7. The lowest BCUT2D eigenvalue weighted by Gasteiger charge is -2.22. The van der Waals surface area contributed by atoms with Crippen LogP contribution in [0.2, 0.25) is 0 Å². The monoisotopic (exact) mass is 256 g/mol. The number of aliphatic hydroxyl groups excluding tert-OH is 1. The summed E-state index contributed by atoms with van der Waals surface area (Å²) in [6.07, 6.45) is 3.50. The molecular formula is C14H28N2O2. The van der Waals surface area contributed by atoms with Crippen LogP contribution in [0.15, 0.2) is 0 Å². The SMILES string of the molecule is CC(C)COCC(O)CNC1CCN2CCCC12. The Morgan fingerprint density at radius 1 is 1.28 bits per heavy atom. The lowest BCUT2D eigenvalue weighted by molar-refractivity contribution is 0.0246. The van der Waals surface area contributed by atoms with E-state index in [0.29, 0.717) is 31.2 Å². The molecule has 2 aliphatic heterocycles. The van der Waals surface area contributed by atoms with Crippen molar-refractivity contribution in [3.05, 3.63) is 0 Å². The van der Waals surface area contributed by atoms with Gasteiger partial charge in [0.1, 0.15) is 0 Å². The zero-order valence-electron chi connectivity index (χ0n) is 11.8. The zero-order chi connectivity index (χ0) is 13.0. The lowest BCUT2D eigenvalue weighted by Crippen LogP contribution is -2.43.